The Morgan fingerprint density at radius 2 is 1.04 bits per heavy atom. The van der Waals surface area contributed by atoms with E-state index in [1.807, 2.05) is 34.6 Å². The summed E-state index contributed by atoms with van der Waals surface area (Å²) in [6.45, 7) is 19.6. The second kappa shape index (κ2) is 38.1. The maximum atomic E-state index is 15.6. The number of fused-ring (bicyclic) bond motifs is 4. The van der Waals surface area contributed by atoms with Crippen molar-refractivity contribution in [2.75, 3.05) is 178 Å². The summed E-state index contributed by atoms with van der Waals surface area (Å²) in [6, 6.07) is 6.46. The van der Waals surface area contributed by atoms with Crippen LogP contribution < -0.4 is 20.3 Å². The third-order valence-electron chi connectivity index (χ3n) is 17.8. The molecule has 4 aliphatic rings. The molecule has 1 fully saturated rings. The van der Waals surface area contributed by atoms with E-state index in [-0.39, 0.29) is 134 Å². The van der Waals surface area contributed by atoms with Crippen molar-refractivity contribution in [2.45, 2.75) is 118 Å². The van der Waals surface area contributed by atoms with Crippen molar-refractivity contribution in [1.82, 2.24) is 9.96 Å². The maximum absolute atomic E-state index is 15.6. The number of hydrogen-bond donors (Lipinski definition) is 1. The Morgan fingerprint density at radius 1 is 0.576 bits per heavy atom. The Kier molecular flexibility index (Phi) is 31.1. The Hall–Kier alpha value is -5.50. The smallest absolute Gasteiger partial charge is 0.333 e. The molecule has 0 aromatic heterocycles. The molecule has 1 N–H and O–H groups in total. The molecule has 29 nitrogen and oxygen atoms in total. The minimum Gasteiger partial charge on any atom is -0.744 e. The van der Waals surface area contributed by atoms with Crippen LogP contribution in [0.25, 0.3) is 5.57 Å². The van der Waals surface area contributed by atoms with Gasteiger partial charge in [-0.1, -0.05) is 27.2 Å². The number of rotatable bonds is 48. The van der Waals surface area contributed by atoms with Gasteiger partial charge in [0.2, 0.25) is 5.36 Å². The quantitative estimate of drug-likeness (QED) is 0.0372. The van der Waals surface area contributed by atoms with Crippen LogP contribution in [0.5, 0.6) is 11.5 Å². The van der Waals surface area contributed by atoms with Crippen molar-refractivity contribution in [3.63, 3.8) is 0 Å². The predicted octanol–water partition coefficient (Wildman–Crippen LogP) is 1.54. The Bertz CT molecular complexity index is 3720. The molecule has 3 heterocycles. The minimum absolute atomic E-state index is 0.0141. The zero-order valence-corrected chi connectivity index (χ0v) is 60.4. The highest BCUT2D eigenvalue weighted by Gasteiger charge is 2.47. The lowest BCUT2D eigenvalue weighted by Gasteiger charge is -2.31. The van der Waals surface area contributed by atoms with Crippen LogP contribution >= 0.6 is 0 Å². The van der Waals surface area contributed by atoms with Gasteiger partial charge in [-0.3, -0.25) is 14.4 Å². The topological polar surface area (TPSA) is 366 Å². The second-order valence-electron chi connectivity index (χ2n) is 25.3. The monoisotopic (exact) mass is 1450 g/mol. The first kappa shape index (κ1) is 80.8. The summed E-state index contributed by atoms with van der Waals surface area (Å²) >= 11 is 0. The number of nitrogens with zero attached hydrogens (tertiary/aromatic N) is 2. The lowest BCUT2D eigenvalue weighted by Crippen LogP contribution is -2.81. The molecule has 32 heteroatoms. The highest BCUT2D eigenvalue weighted by atomic mass is 32.2. The molecule has 554 valence electrons. The van der Waals surface area contributed by atoms with Crippen LogP contribution in [0.2, 0.25) is 0 Å². The molecule has 3 aromatic carbocycles. The molecule has 2 atom stereocenters. The highest BCUT2D eigenvalue weighted by molar-refractivity contribution is 7.90. The first-order valence-electron chi connectivity index (χ1n) is 33.3. The molecule has 3 amide bonds. The van der Waals surface area contributed by atoms with E-state index in [1.54, 1.807) is 26.2 Å². The van der Waals surface area contributed by atoms with Crippen LogP contribution in [-0.2, 0) is 123 Å². The van der Waals surface area contributed by atoms with E-state index in [1.165, 1.54) is 23.1 Å². The van der Waals surface area contributed by atoms with Crippen LogP contribution in [0.15, 0.2) is 45.0 Å². The van der Waals surface area contributed by atoms with Crippen LogP contribution in [0.3, 0.4) is 0 Å². The van der Waals surface area contributed by atoms with Gasteiger partial charge >= 0.3 is 5.97 Å². The number of ether oxygens (including phenoxy) is 13. The summed E-state index contributed by atoms with van der Waals surface area (Å²) in [5.41, 5.74) is -1.17. The van der Waals surface area contributed by atoms with E-state index in [0.717, 1.165) is 6.26 Å². The zero-order chi connectivity index (χ0) is 72.0. The summed E-state index contributed by atoms with van der Waals surface area (Å²) in [6.07, 6.45) is 1.54. The highest BCUT2D eigenvalue weighted by Crippen LogP contribution is 2.53. The normalized spacial score (nSPS) is 16.9. The summed E-state index contributed by atoms with van der Waals surface area (Å²) in [7, 11) is -13.5. The Labute approximate surface area is 579 Å². The van der Waals surface area contributed by atoms with Gasteiger partial charge in [-0.25, -0.2) is 35.0 Å². The van der Waals surface area contributed by atoms with Crippen LogP contribution in [0, 0.1) is 5.92 Å². The number of sulfone groups is 1. The molecule has 0 saturated carbocycles. The summed E-state index contributed by atoms with van der Waals surface area (Å²) in [5.74, 6) is -4.23. The average molecular weight is 1460 g/mol. The van der Waals surface area contributed by atoms with Crippen molar-refractivity contribution in [3.8, 4) is 11.5 Å². The fraction of sp³-hybridized carbons (Fsp3) is 0.657. The molecule has 3 aliphatic heterocycles. The zero-order valence-electron chi connectivity index (χ0n) is 57.9. The van der Waals surface area contributed by atoms with Gasteiger partial charge in [-0.05, 0) is 98.4 Å². The van der Waals surface area contributed by atoms with Gasteiger partial charge in [-0.2, -0.15) is 0 Å². The number of imide groups is 1. The molecule has 0 bridgehead atoms. The molecule has 3 aromatic rings. The minimum atomic E-state index is -5.54. The fourth-order valence-electron chi connectivity index (χ4n) is 11.6. The molecule has 99 heavy (non-hydrogen) atoms. The Morgan fingerprint density at radius 3 is 1.49 bits per heavy atom. The molecule has 1 aliphatic carbocycles. The Balaban J connectivity index is 0.948. The van der Waals surface area contributed by atoms with Crippen LogP contribution in [-0.4, -0.2) is 252 Å². The van der Waals surface area contributed by atoms with E-state index < -0.39 is 91.9 Å². The predicted molar refractivity (Wildman–Crippen MR) is 350 cm³/mol. The van der Waals surface area contributed by atoms with Crippen molar-refractivity contribution in [1.29, 1.82) is 0 Å². The van der Waals surface area contributed by atoms with Gasteiger partial charge in [0.15, 0.2) is 32.3 Å². The number of carbonyl (C=O) groups excluding carboxylic acids is 4. The van der Waals surface area contributed by atoms with Gasteiger partial charge < -0.3 is 80.4 Å². The number of amides is 3. The van der Waals surface area contributed by atoms with Crippen molar-refractivity contribution in [2.24, 2.45) is 5.92 Å². The number of methoxy groups -OCH3 is 1. The molecular formula is C67H96N3O26S3-. The standard InChI is InChI=1S/C67H97N3O26S3/c1-46-42-51-54(66(46,3)4)44-52-59(53-45-55-60(68-47(2)67(55,5)6)64(99(80,81)82)62(53)95-61(52)63(51)98(77,78)79)50-43-48(97(8,75)76)13-14-49(50)65(74)69(17-11-9-10-12-58(73)96-70-56(71)15-16-57(70)72)18-19-84-22-23-86-26-27-88-30-31-90-34-35-92-38-39-94-41-40-93-37-36-91-33-32-89-29-28-87-25-24-85-21-20-83-7/h13-14,43-47H,9-12,15-42H2,1-8H3,(H,77,78,79)(H,80,81,82)/p-1. The van der Waals surface area contributed by atoms with Gasteiger partial charge in [0.25, 0.3) is 17.7 Å². The van der Waals surface area contributed by atoms with Gasteiger partial charge in [0.1, 0.15) is 25.1 Å². The third kappa shape index (κ3) is 22.5. The van der Waals surface area contributed by atoms with E-state index in [2.05, 4.69) is 4.99 Å². The SMILES string of the molecule is COCCOCCOCCOCCOCCOCCOCCOCCOCCOCCOCCOCCN(CCCCCC(=O)ON1C(=O)CCC1=O)C(=O)c1ccc(S(C)(=O)=O)cc1C1=c2cc3c(c(S(=O)(=O)[O-])c2Oc2c1cc1c(c2S(=O)(=O)[O-])CC(C)C1(C)C)=[NH+]C(C)C3(C)C. The number of benzene rings is 3. The average Bonchev–Trinajstić information content (AvgIpc) is 1.69. The lowest BCUT2D eigenvalue weighted by atomic mass is 9.77. The molecular weight excluding hydrogens is 1360 g/mol. The summed E-state index contributed by atoms with van der Waals surface area (Å²) in [5, 5.41) is 0.263. The number of unbranched alkanes of at least 4 members (excludes halogenated alkanes) is 2. The van der Waals surface area contributed by atoms with Crippen molar-refractivity contribution in [3.05, 3.63) is 74.3 Å². The fourth-order valence-corrected chi connectivity index (χ4v) is 13.9. The first-order valence-corrected chi connectivity index (χ1v) is 38.0. The van der Waals surface area contributed by atoms with E-state index in [9.17, 15) is 48.7 Å². The summed E-state index contributed by atoms with van der Waals surface area (Å²) < 4.78 is 182. The van der Waals surface area contributed by atoms with Crippen molar-refractivity contribution < 1.29 is 125 Å². The second-order valence-corrected chi connectivity index (χ2v) is 29.9. The largest absolute Gasteiger partial charge is 0.744 e. The number of hydrogen-bond acceptors (Lipinski definition) is 26. The number of hydroxylamine groups is 2. The first-order chi connectivity index (χ1) is 47.1. The summed E-state index contributed by atoms with van der Waals surface area (Å²) in [4.78, 5) is 60.2. The van der Waals surface area contributed by atoms with E-state index >= 15 is 4.79 Å². The molecule has 0 spiro atoms. The van der Waals surface area contributed by atoms with Crippen LogP contribution in [0.4, 0.5) is 0 Å². The number of carbonyl (C=O) groups is 4. The van der Waals surface area contributed by atoms with Gasteiger partial charge in [0, 0.05) is 73.2 Å². The molecule has 2 unspecified atom stereocenters. The molecule has 7 rings (SSSR count). The number of nitrogens with one attached hydrogen (secondary N) is 1. The molecule has 0 radical (unpaired) electrons. The van der Waals surface area contributed by atoms with E-state index in [4.69, 9.17) is 66.4 Å². The maximum Gasteiger partial charge on any atom is 0.333 e. The van der Waals surface area contributed by atoms with E-state index in [0.29, 0.717) is 142 Å². The van der Waals surface area contributed by atoms with Gasteiger partial charge in [0.05, 0.1) is 162 Å². The van der Waals surface area contributed by atoms with Crippen LogP contribution in [0.1, 0.15) is 118 Å². The third-order valence-corrected chi connectivity index (χ3v) is 20.7. The lowest BCUT2D eigenvalue weighted by molar-refractivity contribution is -0.539. The van der Waals surface area contributed by atoms with Gasteiger partial charge in [-0.15, -0.1) is 5.06 Å². The van der Waals surface area contributed by atoms with Crippen molar-refractivity contribution >= 4 is 59.3 Å². The molecule has 1 saturated heterocycles.